The topological polar surface area (TPSA) is 114 Å². The van der Waals surface area contributed by atoms with E-state index in [0.29, 0.717) is 12.2 Å². The number of rotatable bonds is 6. The molecule has 1 aliphatic heterocycles. The molecule has 1 saturated heterocycles. The first-order valence-corrected chi connectivity index (χ1v) is 10.9. The number of hydrogen-bond donors (Lipinski definition) is 3. The first-order chi connectivity index (χ1) is 13.8. The largest absolute Gasteiger partial charge is 0.376 e. The quantitative estimate of drug-likeness (QED) is 0.663. The lowest BCUT2D eigenvalue weighted by atomic mass is 10.1. The van der Waals surface area contributed by atoms with Gasteiger partial charge in [-0.1, -0.05) is 30.3 Å². The van der Waals surface area contributed by atoms with Crippen LogP contribution in [0.2, 0.25) is 0 Å². The average Bonchev–Trinajstić information content (AvgIpc) is 2.66. The predicted octanol–water partition coefficient (Wildman–Crippen LogP) is 1.88. The van der Waals surface area contributed by atoms with Gasteiger partial charge in [-0.3, -0.25) is 4.90 Å². The van der Waals surface area contributed by atoms with E-state index >= 15 is 0 Å². The van der Waals surface area contributed by atoms with Crippen LogP contribution < -0.4 is 15.8 Å². The van der Waals surface area contributed by atoms with Gasteiger partial charge in [0.25, 0.3) is 0 Å². The van der Waals surface area contributed by atoms with E-state index in [-0.39, 0.29) is 11.0 Å². The maximum absolute atomic E-state index is 12.2. The Morgan fingerprint density at radius 1 is 1.21 bits per heavy atom. The lowest BCUT2D eigenvalue weighted by Crippen LogP contribution is -2.40. The molecule has 1 fully saturated rings. The van der Waals surface area contributed by atoms with Gasteiger partial charge < -0.3 is 15.4 Å². The molecule has 1 heterocycles. The van der Waals surface area contributed by atoms with E-state index in [1.807, 2.05) is 12.1 Å². The van der Waals surface area contributed by atoms with Crippen LogP contribution in [0.15, 0.2) is 53.4 Å². The van der Waals surface area contributed by atoms with Crippen LogP contribution in [0, 0.1) is 0 Å². The molecule has 4 N–H and O–H groups in total. The van der Waals surface area contributed by atoms with Crippen LogP contribution in [-0.2, 0) is 27.8 Å². The Labute approximate surface area is 171 Å². The second-order valence-electron chi connectivity index (χ2n) is 7.12. The molecule has 0 aromatic heterocycles. The summed E-state index contributed by atoms with van der Waals surface area (Å²) in [6, 6.07) is 13.5. The fourth-order valence-electron chi connectivity index (χ4n) is 3.24. The Morgan fingerprint density at radius 2 is 1.97 bits per heavy atom. The van der Waals surface area contributed by atoms with Gasteiger partial charge in [0.05, 0.1) is 17.6 Å². The molecule has 0 aliphatic carbocycles. The van der Waals surface area contributed by atoms with E-state index in [4.69, 9.17) is 9.88 Å². The van der Waals surface area contributed by atoms with E-state index in [1.54, 1.807) is 6.07 Å². The summed E-state index contributed by atoms with van der Waals surface area (Å²) < 4.78 is 28.4. The number of anilines is 1. The molecule has 1 aliphatic rings. The number of amides is 2. The molecular formula is C20H26N4O4S. The Bertz CT molecular complexity index is 964. The van der Waals surface area contributed by atoms with Gasteiger partial charge >= 0.3 is 6.03 Å². The molecule has 1 atom stereocenters. The number of carbonyl (C=O) groups excluding carboxylic acids is 1. The molecule has 2 aromatic carbocycles. The molecule has 156 valence electrons. The number of sulfonamides is 1. The van der Waals surface area contributed by atoms with Crippen molar-refractivity contribution in [2.45, 2.75) is 31.0 Å². The molecule has 0 spiro atoms. The van der Waals surface area contributed by atoms with Gasteiger partial charge in [-0.25, -0.2) is 18.4 Å². The summed E-state index contributed by atoms with van der Waals surface area (Å²) in [7, 11) is -3.82. The van der Waals surface area contributed by atoms with Crippen molar-refractivity contribution >= 4 is 21.7 Å². The van der Waals surface area contributed by atoms with Gasteiger partial charge in [0.2, 0.25) is 10.0 Å². The smallest absolute Gasteiger partial charge is 0.319 e. The van der Waals surface area contributed by atoms with Crippen molar-refractivity contribution in [2.24, 2.45) is 5.14 Å². The zero-order valence-corrected chi connectivity index (χ0v) is 17.1. The van der Waals surface area contributed by atoms with Gasteiger partial charge in [0.15, 0.2) is 0 Å². The van der Waals surface area contributed by atoms with Crippen molar-refractivity contribution in [3.05, 3.63) is 59.7 Å². The molecule has 2 amide bonds. The van der Waals surface area contributed by atoms with Gasteiger partial charge in [-0.15, -0.1) is 0 Å². The number of urea groups is 1. The van der Waals surface area contributed by atoms with Crippen molar-refractivity contribution in [2.75, 3.05) is 25.0 Å². The highest BCUT2D eigenvalue weighted by Gasteiger charge is 2.16. The number of morpholine rings is 1. The minimum Gasteiger partial charge on any atom is -0.376 e. The molecule has 1 unspecified atom stereocenters. The van der Waals surface area contributed by atoms with Gasteiger partial charge in [-0.05, 0) is 36.2 Å². The van der Waals surface area contributed by atoms with Crippen LogP contribution in [0.3, 0.4) is 0 Å². The minimum absolute atomic E-state index is 0.0552. The first kappa shape index (κ1) is 21.3. The summed E-state index contributed by atoms with van der Waals surface area (Å²) in [5.41, 5.74) is 2.51. The highest BCUT2D eigenvalue weighted by atomic mass is 32.2. The second kappa shape index (κ2) is 9.36. The number of carbonyl (C=O) groups is 1. The monoisotopic (exact) mass is 418 g/mol. The first-order valence-electron chi connectivity index (χ1n) is 9.39. The summed E-state index contributed by atoms with van der Waals surface area (Å²) in [4.78, 5) is 14.5. The van der Waals surface area contributed by atoms with Crippen molar-refractivity contribution in [3.8, 4) is 0 Å². The fourth-order valence-corrected chi connectivity index (χ4v) is 3.80. The fraction of sp³-hybridized carbons (Fsp3) is 0.350. The Hall–Kier alpha value is -2.46. The maximum atomic E-state index is 12.2. The highest BCUT2D eigenvalue weighted by molar-refractivity contribution is 7.89. The number of benzene rings is 2. The molecule has 0 saturated carbocycles. The van der Waals surface area contributed by atoms with Crippen molar-refractivity contribution in [1.29, 1.82) is 0 Å². The number of nitrogens with one attached hydrogen (secondary N) is 2. The zero-order chi connectivity index (χ0) is 20.9. The standard InChI is InChI=1S/C20H26N4O4S/c1-15-13-24(8-9-28-15)14-17-5-2-4-16(10-17)12-22-20(25)23-18-6-3-7-19(11-18)29(21,26)27/h2-7,10-11,15H,8-9,12-14H2,1H3,(H2,21,26,27)(H2,22,23,25). The highest BCUT2D eigenvalue weighted by Crippen LogP contribution is 2.15. The third-order valence-electron chi connectivity index (χ3n) is 4.60. The molecule has 0 radical (unpaired) electrons. The Balaban J connectivity index is 1.54. The summed E-state index contributed by atoms with van der Waals surface area (Å²) in [6.07, 6.45) is 0.241. The number of hydrogen-bond acceptors (Lipinski definition) is 5. The van der Waals surface area contributed by atoms with Gasteiger partial charge in [0, 0.05) is 31.9 Å². The summed E-state index contributed by atoms with van der Waals surface area (Å²) >= 11 is 0. The van der Waals surface area contributed by atoms with E-state index < -0.39 is 16.1 Å². The zero-order valence-electron chi connectivity index (χ0n) is 16.3. The Morgan fingerprint density at radius 3 is 2.72 bits per heavy atom. The molecular weight excluding hydrogens is 392 g/mol. The molecule has 29 heavy (non-hydrogen) atoms. The SMILES string of the molecule is CC1CN(Cc2cccc(CNC(=O)Nc3cccc(S(N)(=O)=O)c3)c2)CCO1. The van der Waals surface area contributed by atoms with Crippen LogP contribution in [-0.4, -0.2) is 45.1 Å². The van der Waals surface area contributed by atoms with Crippen LogP contribution in [0.1, 0.15) is 18.1 Å². The second-order valence-corrected chi connectivity index (χ2v) is 8.68. The molecule has 3 rings (SSSR count). The van der Waals surface area contributed by atoms with E-state index in [9.17, 15) is 13.2 Å². The predicted molar refractivity (Wildman–Crippen MR) is 111 cm³/mol. The lowest BCUT2D eigenvalue weighted by molar-refractivity contribution is -0.0212. The number of primary sulfonamides is 1. The number of nitrogens with zero attached hydrogens (tertiary/aromatic N) is 1. The van der Waals surface area contributed by atoms with Crippen LogP contribution in [0.4, 0.5) is 10.5 Å². The van der Waals surface area contributed by atoms with Crippen LogP contribution >= 0.6 is 0 Å². The van der Waals surface area contributed by atoms with Gasteiger partial charge in [0.1, 0.15) is 0 Å². The summed E-state index contributed by atoms with van der Waals surface area (Å²) in [5, 5.41) is 10.5. The number of ether oxygens (including phenoxy) is 1. The normalized spacial score (nSPS) is 17.7. The number of nitrogens with two attached hydrogens (primary N) is 1. The molecule has 2 aromatic rings. The summed E-state index contributed by atoms with van der Waals surface area (Å²) in [5.74, 6) is 0. The van der Waals surface area contributed by atoms with E-state index in [1.165, 1.54) is 23.8 Å². The molecule has 8 nitrogen and oxygen atoms in total. The third kappa shape index (κ3) is 6.53. The van der Waals surface area contributed by atoms with Crippen molar-refractivity contribution in [1.82, 2.24) is 10.2 Å². The average molecular weight is 419 g/mol. The molecule has 9 heteroatoms. The van der Waals surface area contributed by atoms with Crippen molar-refractivity contribution < 1.29 is 17.9 Å². The lowest BCUT2D eigenvalue weighted by Gasteiger charge is -2.31. The van der Waals surface area contributed by atoms with E-state index in [0.717, 1.165) is 31.8 Å². The summed E-state index contributed by atoms with van der Waals surface area (Å²) in [6.45, 7) is 5.83. The van der Waals surface area contributed by atoms with Crippen molar-refractivity contribution in [3.63, 3.8) is 0 Å². The van der Waals surface area contributed by atoms with Crippen LogP contribution in [0.5, 0.6) is 0 Å². The Kier molecular flexibility index (Phi) is 6.86. The minimum atomic E-state index is -3.82. The third-order valence-corrected chi connectivity index (χ3v) is 5.51. The van der Waals surface area contributed by atoms with Gasteiger partial charge in [-0.2, -0.15) is 0 Å². The van der Waals surface area contributed by atoms with Crippen LogP contribution in [0.25, 0.3) is 0 Å². The van der Waals surface area contributed by atoms with E-state index in [2.05, 4.69) is 34.6 Å². The molecule has 0 bridgehead atoms. The maximum Gasteiger partial charge on any atom is 0.319 e.